The molecule has 0 unspecified atom stereocenters. The lowest BCUT2D eigenvalue weighted by atomic mass is 10.1. The molecule has 0 bridgehead atoms. The van der Waals surface area contributed by atoms with Crippen molar-refractivity contribution in [2.75, 3.05) is 10.8 Å². The lowest BCUT2D eigenvalue weighted by Crippen LogP contribution is -2.53. The van der Waals surface area contributed by atoms with Crippen molar-refractivity contribution in [3.05, 3.63) is 30.3 Å². The molecule has 1 aliphatic heterocycles. The molecule has 2 rings (SSSR count). The van der Waals surface area contributed by atoms with E-state index in [2.05, 4.69) is 0 Å². The Morgan fingerprint density at radius 3 is 2.33 bits per heavy atom. The van der Waals surface area contributed by atoms with E-state index in [4.69, 9.17) is 4.99 Å². The second-order valence-corrected chi connectivity index (χ2v) is 7.26. The van der Waals surface area contributed by atoms with Gasteiger partial charge in [0.15, 0.2) is 5.17 Å². The predicted octanol–water partition coefficient (Wildman–Crippen LogP) is 4.18. The van der Waals surface area contributed by atoms with Gasteiger partial charge in [-0.3, -0.25) is 14.8 Å². The number of hydrogen-bond donors (Lipinski definition) is 0. The highest BCUT2D eigenvalue weighted by atomic mass is 32.2. The number of carbonyl (C=O) groups excluding carboxylic acids is 1. The molecule has 0 saturated carbocycles. The summed E-state index contributed by atoms with van der Waals surface area (Å²) in [6.45, 7) is 10.2. The summed E-state index contributed by atoms with van der Waals surface area (Å²) in [5, 5.41) is 0.815. The maximum Gasteiger partial charge on any atom is 0.331 e. The van der Waals surface area contributed by atoms with Crippen molar-refractivity contribution in [3.8, 4) is 0 Å². The summed E-state index contributed by atoms with van der Waals surface area (Å²) in [7, 11) is 0. The zero-order valence-corrected chi connectivity index (χ0v) is 14.1. The van der Waals surface area contributed by atoms with E-state index in [1.807, 2.05) is 65.0 Å². The van der Waals surface area contributed by atoms with E-state index >= 15 is 0 Å². The van der Waals surface area contributed by atoms with Gasteiger partial charge in [-0.25, -0.2) is 4.79 Å². The summed E-state index contributed by atoms with van der Waals surface area (Å²) in [5.41, 5.74) is 0.737. The van der Waals surface area contributed by atoms with Crippen LogP contribution in [0, 0.1) is 0 Å². The zero-order chi connectivity index (χ0) is 15.6. The van der Waals surface area contributed by atoms with Crippen LogP contribution in [0.5, 0.6) is 0 Å². The van der Waals surface area contributed by atoms with Crippen LogP contribution in [0.25, 0.3) is 0 Å². The average molecular weight is 305 g/mol. The third-order valence-corrected chi connectivity index (χ3v) is 3.91. The topological polar surface area (TPSA) is 35.9 Å². The molecule has 1 aliphatic rings. The van der Waals surface area contributed by atoms with Gasteiger partial charge in [-0.1, -0.05) is 30.0 Å². The van der Waals surface area contributed by atoms with Crippen molar-refractivity contribution in [3.63, 3.8) is 0 Å². The number of amidine groups is 1. The van der Waals surface area contributed by atoms with Crippen molar-refractivity contribution in [2.24, 2.45) is 4.99 Å². The molecule has 0 radical (unpaired) electrons. The van der Waals surface area contributed by atoms with Crippen LogP contribution in [0.15, 0.2) is 35.3 Å². The molecule has 0 N–H and O–H groups in total. The Balaban J connectivity index is 2.32. The molecule has 0 aliphatic carbocycles. The van der Waals surface area contributed by atoms with Crippen molar-refractivity contribution in [1.82, 2.24) is 4.90 Å². The van der Waals surface area contributed by atoms with E-state index in [0.29, 0.717) is 5.88 Å². The second kappa shape index (κ2) is 6.10. The lowest BCUT2D eigenvalue weighted by Gasteiger charge is -2.38. The third kappa shape index (κ3) is 3.79. The first-order valence-corrected chi connectivity index (χ1v) is 8.16. The first-order chi connectivity index (χ1) is 9.79. The summed E-state index contributed by atoms with van der Waals surface area (Å²) in [4.78, 5) is 21.1. The molecule has 0 atom stereocenters. The normalized spacial score (nSPS) is 18.8. The Morgan fingerprint density at radius 1 is 1.19 bits per heavy atom. The Labute approximate surface area is 131 Å². The molecule has 1 aromatic carbocycles. The van der Waals surface area contributed by atoms with Gasteiger partial charge in [0.05, 0.1) is 11.4 Å². The fraction of sp³-hybridized carbons (Fsp3) is 0.500. The van der Waals surface area contributed by atoms with Gasteiger partial charge in [-0.15, -0.1) is 0 Å². The minimum atomic E-state index is -0.190. The van der Waals surface area contributed by atoms with Gasteiger partial charge in [-0.2, -0.15) is 0 Å². The number of thioether (sulfide) groups is 1. The van der Waals surface area contributed by atoms with Crippen molar-refractivity contribution in [2.45, 2.75) is 46.2 Å². The summed E-state index contributed by atoms with van der Waals surface area (Å²) in [6, 6.07) is 9.86. The maximum absolute atomic E-state index is 12.8. The molecule has 21 heavy (non-hydrogen) atoms. The summed E-state index contributed by atoms with van der Waals surface area (Å²) in [5.74, 6) is 0.598. The van der Waals surface area contributed by atoms with Gasteiger partial charge in [0.2, 0.25) is 0 Å². The van der Waals surface area contributed by atoms with Gasteiger partial charge in [-0.05, 0) is 46.8 Å². The third-order valence-electron chi connectivity index (χ3n) is 2.98. The summed E-state index contributed by atoms with van der Waals surface area (Å²) in [6.07, 6.45) is 0. The number of benzene rings is 1. The van der Waals surface area contributed by atoms with E-state index in [9.17, 15) is 4.79 Å². The van der Waals surface area contributed by atoms with Gasteiger partial charge >= 0.3 is 6.03 Å². The minimum Gasteiger partial charge on any atom is -0.284 e. The largest absolute Gasteiger partial charge is 0.331 e. The molecule has 0 spiro atoms. The van der Waals surface area contributed by atoms with Gasteiger partial charge in [0, 0.05) is 11.7 Å². The van der Waals surface area contributed by atoms with Crippen LogP contribution in [-0.2, 0) is 0 Å². The standard InChI is InChI=1S/C16H23N3OS/c1-12(2)19-14(17-16(3,4)5)21-11-18(15(19)20)13-9-7-6-8-10-13/h6-10,12H,11H2,1-5H3/b17-14+. The molecule has 0 aromatic heterocycles. The molecule has 1 aromatic rings. The molecule has 4 nitrogen and oxygen atoms in total. The quantitative estimate of drug-likeness (QED) is 0.821. The van der Waals surface area contributed by atoms with Gasteiger partial charge in [0.25, 0.3) is 0 Å². The number of nitrogens with zero attached hydrogens (tertiary/aromatic N) is 3. The Bertz CT molecular complexity index is 534. The average Bonchev–Trinajstić information content (AvgIpc) is 2.37. The smallest absolute Gasteiger partial charge is 0.284 e. The number of rotatable bonds is 2. The van der Waals surface area contributed by atoms with Crippen molar-refractivity contribution in [1.29, 1.82) is 0 Å². The fourth-order valence-electron chi connectivity index (χ4n) is 2.07. The molecule has 1 fully saturated rings. The number of hydrogen-bond acceptors (Lipinski definition) is 3. The monoisotopic (exact) mass is 305 g/mol. The van der Waals surface area contributed by atoms with Crippen LogP contribution in [0.1, 0.15) is 34.6 Å². The number of amides is 2. The molecular formula is C16H23N3OS. The van der Waals surface area contributed by atoms with Crippen LogP contribution >= 0.6 is 11.8 Å². The first kappa shape index (κ1) is 15.9. The van der Waals surface area contributed by atoms with E-state index in [1.54, 1.807) is 21.6 Å². The number of aliphatic imine (C=N–C) groups is 1. The second-order valence-electron chi connectivity index (χ2n) is 6.35. The minimum absolute atomic E-state index is 0.00190. The van der Waals surface area contributed by atoms with E-state index in [0.717, 1.165) is 10.9 Å². The molecule has 5 heteroatoms. The van der Waals surface area contributed by atoms with Crippen LogP contribution in [0.2, 0.25) is 0 Å². The Kier molecular flexibility index (Phi) is 4.61. The van der Waals surface area contributed by atoms with Crippen molar-refractivity contribution >= 4 is 28.6 Å². The van der Waals surface area contributed by atoms with E-state index in [1.165, 1.54) is 0 Å². The van der Waals surface area contributed by atoms with E-state index in [-0.39, 0.29) is 17.6 Å². The fourth-order valence-corrected chi connectivity index (χ4v) is 3.34. The highest BCUT2D eigenvalue weighted by molar-refractivity contribution is 8.14. The van der Waals surface area contributed by atoms with Crippen LogP contribution in [0.3, 0.4) is 0 Å². The van der Waals surface area contributed by atoms with Gasteiger partial charge in [0.1, 0.15) is 0 Å². The molecule has 2 amide bonds. The molecule has 1 heterocycles. The van der Waals surface area contributed by atoms with E-state index < -0.39 is 0 Å². The highest BCUT2D eigenvalue weighted by Gasteiger charge is 2.34. The summed E-state index contributed by atoms with van der Waals surface area (Å²) >= 11 is 1.61. The SMILES string of the molecule is CC(C)N1C(=O)N(c2ccccc2)CS/C1=N/C(C)(C)C. The van der Waals surface area contributed by atoms with Crippen LogP contribution < -0.4 is 4.90 Å². The lowest BCUT2D eigenvalue weighted by molar-refractivity contribution is 0.220. The van der Waals surface area contributed by atoms with Crippen molar-refractivity contribution < 1.29 is 4.79 Å². The number of para-hydroxylation sites is 1. The van der Waals surface area contributed by atoms with Gasteiger partial charge < -0.3 is 0 Å². The predicted molar refractivity (Wildman–Crippen MR) is 90.9 cm³/mol. The zero-order valence-electron chi connectivity index (χ0n) is 13.3. The number of urea groups is 1. The number of carbonyl (C=O) groups is 1. The Morgan fingerprint density at radius 2 is 1.81 bits per heavy atom. The Hall–Kier alpha value is -1.49. The van der Waals surface area contributed by atoms with Crippen LogP contribution in [0.4, 0.5) is 10.5 Å². The van der Waals surface area contributed by atoms with Crippen LogP contribution in [-0.4, -0.2) is 33.6 Å². The molecule has 114 valence electrons. The molecular weight excluding hydrogens is 282 g/mol. The molecule has 1 saturated heterocycles. The summed E-state index contributed by atoms with van der Waals surface area (Å²) < 4.78 is 0. The highest BCUT2D eigenvalue weighted by Crippen LogP contribution is 2.29. The first-order valence-electron chi connectivity index (χ1n) is 7.18. The maximum atomic E-state index is 12.8. The number of anilines is 1.